The zero-order valence-corrected chi connectivity index (χ0v) is 12.7. The van der Waals surface area contributed by atoms with E-state index in [-0.39, 0.29) is 17.5 Å². The summed E-state index contributed by atoms with van der Waals surface area (Å²) in [7, 11) is 1.51. The van der Waals surface area contributed by atoms with Gasteiger partial charge in [0.05, 0.1) is 0 Å². The van der Waals surface area contributed by atoms with Gasteiger partial charge in [-0.15, -0.1) is 0 Å². The van der Waals surface area contributed by atoms with Crippen LogP contribution in [0.4, 0.5) is 0 Å². The summed E-state index contributed by atoms with van der Waals surface area (Å²) in [5, 5.41) is 5.73. The van der Waals surface area contributed by atoms with Crippen LogP contribution in [0.1, 0.15) is 15.9 Å². The molecule has 2 amide bonds. The second kappa shape index (κ2) is 7.43. The molecule has 2 aromatic rings. The summed E-state index contributed by atoms with van der Waals surface area (Å²) in [5.74, 6) is -0.719. The smallest absolute Gasteiger partial charge is 0.267 e. The van der Waals surface area contributed by atoms with E-state index in [1.807, 2.05) is 6.07 Å². The molecule has 0 aliphatic heterocycles. The number of rotatable bonds is 4. The molecular weight excluding hydrogens is 300 g/mol. The third-order valence-corrected chi connectivity index (χ3v) is 3.19. The Morgan fingerprint density at radius 1 is 1.00 bits per heavy atom. The molecule has 0 heterocycles. The maximum absolute atomic E-state index is 12.2. The van der Waals surface area contributed by atoms with Gasteiger partial charge in [-0.1, -0.05) is 41.9 Å². The summed E-state index contributed by atoms with van der Waals surface area (Å²) in [6.45, 7) is 0. The Morgan fingerprint density at radius 3 is 2.23 bits per heavy atom. The minimum absolute atomic E-state index is 0.165. The van der Waals surface area contributed by atoms with Crippen LogP contribution in [0.3, 0.4) is 0 Å². The van der Waals surface area contributed by atoms with E-state index in [2.05, 4.69) is 10.6 Å². The number of halogens is 1. The normalized spacial score (nSPS) is 10.9. The second-order valence-electron chi connectivity index (χ2n) is 4.51. The van der Waals surface area contributed by atoms with Gasteiger partial charge in [-0.05, 0) is 35.9 Å². The van der Waals surface area contributed by atoms with Gasteiger partial charge in [0.25, 0.3) is 11.8 Å². The lowest BCUT2D eigenvalue weighted by atomic mass is 10.1. The van der Waals surface area contributed by atoms with Gasteiger partial charge >= 0.3 is 0 Å². The van der Waals surface area contributed by atoms with Crippen LogP contribution in [-0.2, 0) is 4.79 Å². The van der Waals surface area contributed by atoms with Crippen molar-refractivity contribution in [3.63, 3.8) is 0 Å². The highest BCUT2D eigenvalue weighted by molar-refractivity contribution is 6.30. The van der Waals surface area contributed by atoms with Gasteiger partial charge in [0.15, 0.2) is 0 Å². The number of carbonyl (C=O) groups is 2. The van der Waals surface area contributed by atoms with Crippen molar-refractivity contribution in [2.75, 3.05) is 7.05 Å². The van der Waals surface area contributed by atoms with Crippen LogP contribution in [-0.4, -0.2) is 18.9 Å². The molecule has 0 bridgehead atoms. The molecule has 0 fully saturated rings. The summed E-state index contributed by atoms with van der Waals surface area (Å²) < 4.78 is 0. The van der Waals surface area contributed by atoms with E-state index in [0.717, 1.165) is 5.56 Å². The first-order valence-electron chi connectivity index (χ1n) is 6.66. The van der Waals surface area contributed by atoms with E-state index >= 15 is 0 Å². The van der Waals surface area contributed by atoms with Gasteiger partial charge in [-0.3, -0.25) is 9.59 Å². The number of hydrogen-bond acceptors (Lipinski definition) is 2. The highest BCUT2D eigenvalue weighted by Gasteiger charge is 2.13. The number of amides is 2. The van der Waals surface area contributed by atoms with Crippen molar-refractivity contribution in [3.05, 3.63) is 76.4 Å². The molecule has 22 heavy (non-hydrogen) atoms. The number of nitrogens with one attached hydrogen (secondary N) is 2. The van der Waals surface area contributed by atoms with Crippen molar-refractivity contribution >= 4 is 29.5 Å². The van der Waals surface area contributed by atoms with E-state index in [1.54, 1.807) is 54.6 Å². The molecule has 0 aliphatic carbocycles. The second-order valence-corrected chi connectivity index (χ2v) is 4.95. The van der Waals surface area contributed by atoms with Crippen molar-refractivity contribution in [2.45, 2.75) is 0 Å². The molecule has 2 aromatic carbocycles. The maximum Gasteiger partial charge on any atom is 0.267 e. The van der Waals surface area contributed by atoms with E-state index in [1.165, 1.54) is 7.05 Å². The van der Waals surface area contributed by atoms with Crippen molar-refractivity contribution in [1.82, 2.24) is 10.6 Å². The van der Waals surface area contributed by atoms with Crippen LogP contribution in [0.5, 0.6) is 0 Å². The average molecular weight is 315 g/mol. The van der Waals surface area contributed by atoms with Crippen molar-refractivity contribution in [3.8, 4) is 0 Å². The topological polar surface area (TPSA) is 58.2 Å². The molecule has 0 spiro atoms. The lowest BCUT2D eigenvalue weighted by Gasteiger charge is -2.09. The van der Waals surface area contributed by atoms with Gasteiger partial charge in [-0.2, -0.15) is 0 Å². The van der Waals surface area contributed by atoms with Crippen LogP contribution in [0.2, 0.25) is 5.02 Å². The number of hydrogen-bond donors (Lipinski definition) is 2. The highest BCUT2D eigenvalue weighted by atomic mass is 35.5. The van der Waals surface area contributed by atoms with Crippen molar-refractivity contribution in [1.29, 1.82) is 0 Å². The zero-order valence-electron chi connectivity index (χ0n) is 12.0. The largest absolute Gasteiger partial charge is 0.354 e. The Bertz CT molecular complexity index is 694. The summed E-state index contributed by atoms with van der Waals surface area (Å²) >= 11 is 5.83. The quantitative estimate of drug-likeness (QED) is 0.853. The SMILES string of the molecule is CNC(=O)/C(=C\c1ccc(Cl)cc1)NC(=O)c1ccccc1. The molecule has 0 aromatic heterocycles. The Hall–Kier alpha value is -2.59. The predicted molar refractivity (Wildman–Crippen MR) is 87.4 cm³/mol. The lowest BCUT2D eigenvalue weighted by molar-refractivity contribution is -0.117. The molecular formula is C17H15ClN2O2. The number of benzene rings is 2. The number of likely N-dealkylation sites (N-methyl/N-ethyl adjacent to an activating group) is 1. The first-order chi connectivity index (χ1) is 10.6. The summed E-state index contributed by atoms with van der Waals surface area (Å²) in [5.41, 5.74) is 1.41. The van der Waals surface area contributed by atoms with Crippen LogP contribution in [0.15, 0.2) is 60.3 Å². The zero-order chi connectivity index (χ0) is 15.9. The van der Waals surface area contributed by atoms with Crippen molar-refractivity contribution < 1.29 is 9.59 Å². The third-order valence-electron chi connectivity index (χ3n) is 2.94. The van der Waals surface area contributed by atoms with Gasteiger partial charge in [0.2, 0.25) is 0 Å². The first-order valence-corrected chi connectivity index (χ1v) is 7.03. The molecule has 2 N–H and O–H groups in total. The van der Waals surface area contributed by atoms with Gasteiger partial charge in [0, 0.05) is 17.6 Å². The molecule has 0 saturated carbocycles. The average Bonchev–Trinajstić information content (AvgIpc) is 2.56. The Kier molecular flexibility index (Phi) is 5.33. The van der Waals surface area contributed by atoms with Crippen molar-refractivity contribution in [2.24, 2.45) is 0 Å². The predicted octanol–water partition coefficient (Wildman–Crippen LogP) is 2.86. The van der Waals surface area contributed by atoms with E-state index in [4.69, 9.17) is 11.6 Å². The first kappa shape index (κ1) is 15.8. The Labute approximate surface area is 133 Å². The molecule has 112 valence electrons. The third kappa shape index (κ3) is 4.20. The highest BCUT2D eigenvalue weighted by Crippen LogP contribution is 2.12. The molecule has 0 unspecified atom stereocenters. The molecule has 5 heteroatoms. The van der Waals surface area contributed by atoms with E-state index in [9.17, 15) is 9.59 Å². The van der Waals surface area contributed by atoms with E-state index in [0.29, 0.717) is 10.6 Å². The van der Waals surface area contributed by atoms with Crippen LogP contribution in [0, 0.1) is 0 Å². The van der Waals surface area contributed by atoms with Crippen LogP contribution < -0.4 is 10.6 Å². The Morgan fingerprint density at radius 2 is 1.64 bits per heavy atom. The summed E-state index contributed by atoms with van der Waals surface area (Å²) in [6, 6.07) is 15.7. The minimum Gasteiger partial charge on any atom is -0.354 e. The lowest BCUT2D eigenvalue weighted by Crippen LogP contribution is -2.33. The fourth-order valence-corrected chi connectivity index (χ4v) is 1.93. The summed E-state index contributed by atoms with van der Waals surface area (Å²) in [4.78, 5) is 24.1. The van der Waals surface area contributed by atoms with Crippen LogP contribution >= 0.6 is 11.6 Å². The van der Waals surface area contributed by atoms with Gasteiger partial charge in [-0.25, -0.2) is 0 Å². The molecule has 0 radical (unpaired) electrons. The summed E-state index contributed by atoms with van der Waals surface area (Å²) in [6.07, 6.45) is 1.59. The van der Waals surface area contributed by atoms with Gasteiger partial charge in [0.1, 0.15) is 5.70 Å². The number of carbonyl (C=O) groups excluding carboxylic acids is 2. The maximum atomic E-state index is 12.2. The van der Waals surface area contributed by atoms with E-state index < -0.39 is 0 Å². The van der Waals surface area contributed by atoms with Crippen LogP contribution in [0.25, 0.3) is 6.08 Å². The monoisotopic (exact) mass is 314 g/mol. The minimum atomic E-state index is -0.376. The molecule has 0 atom stereocenters. The van der Waals surface area contributed by atoms with Gasteiger partial charge < -0.3 is 10.6 Å². The fourth-order valence-electron chi connectivity index (χ4n) is 1.80. The Balaban J connectivity index is 2.25. The standard InChI is InChI=1S/C17H15ClN2O2/c1-19-17(22)15(11-12-7-9-14(18)10-8-12)20-16(21)13-5-3-2-4-6-13/h2-11H,1H3,(H,19,22)(H,20,21)/b15-11+. The molecule has 0 saturated heterocycles. The molecule has 4 nitrogen and oxygen atoms in total. The fraction of sp³-hybridized carbons (Fsp3) is 0.0588. The molecule has 0 aliphatic rings. The molecule has 2 rings (SSSR count).